The summed E-state index contributed by atoms with van der Waals surface area (Å²) in [5, 5.41) is 0. The number of carbonyl (C=O) groups is 2. The molecule has 4 heteroatoms. The summed E-state index contributed by atoms with van der Waals surface area (Å²) in [6.07, 6.45) is 3.04. The van der Waals surface area contributed by atoms with Crippen molar-refractivity contribution >= 4 is 23.1 Å². The van der Waals surface area contributed by atoms with E-state index in [9.17, 15) is 9.59 Å². The van der Waals surface area contributed by atoms with Crippen LogP contribution in [0.25, 0.3) is 11.0 Å². The highest BCUT2D eigenvalue weighted by Gasteiger charge is 2.15. The summed E-state index contributed by atoms with van der Waals surface area (Å²) < 4.78 is 0. The van der Waals surface area contributed by atoms with E-state index in [-0.39, 0.29) is 5.78 Å². The zero-order valence-corrected chi connectivity index (χ0v) is 15.7. The standard InChI is InChI=1S/C21H26N2O2/c1-13(2)17(21(25)16(5)15(4)12-24)9-7-11-19-22-18-10-6-8-14(3)20(18)23-19/h6,8,10,12H,7,9,11H2,1-5H3,(H,22,23)/b16-15-. The highest BCUT2D eigenvalue weighted by atomic mass is 16.1. The molecule has 0 aliphatic rings. The van der Waals surface area contributed by atoms with Crippen LogP contribution in [0.4, 0.5) is 0 Å². The van der Waals surface area contributed by atoms with Gasteiger partial charge in [-0.15, -0.1) is 0 Å². The van der Waals surface area contributed by atoms with Crippen LogP contribution in [-0.4, -0.2) is 22.0 Å². The topological polar surface area (TPSA) is 62.8 Å². The summed E-state index contributed by atoms with van der Waals surface area (Å²) in [4.78, 5) is 31.5. The number of aldehydes is 1. The molecule has 0 bridgehead atoms. The number of hydrogen-bond acceptors (Lipinski definition) is 3. The van der Waals surface area contributed by atoms with Gasteiger partial charge in [-0.3, -0.25) is 9.59 Å². The molecule has 1 aromatic heterocycles. The number of benzene rings is 1. The van der Waals surface area contributed by atoms with Gasteiger partial charge in [0.1, 0.15) is 12.1 Å². The third kappa shape index (κ3) is 4.32. The van der Waals surface area contributed by atoms with Gasteiger partial charge in [-0.2, -0.15) is 0 Å². The van der Waals surface area contributed by atoms with Crippen LogP contribution >= 0.6 is 0 Å². The second-order valence-electron chi connectivity index (χ2n) is 6.74. The van der Waals surface area contributed by atoms with Crippen LogP contribution in [0.5, 0.6) is 0 Å². The largest absolute Gasteiger partial charge is 0.342 e. The molecule has 1 heterocycles. The molecule has 1 aromatic carbocycles. The number of rotatable bonds is 7. The van der Waals surface area contributed by atoms with Crippen molar-refractivity contribution < 1.29 is 9.59 Å². The summed E-state index contributed by atoms with van der Waals surface area (Å²) >= 11 is 0. The third-order valence-electron chi connectivity index (χ3n) is 4.60. The van der Waals surface area contributed by atoms with E-state index in [1.54, 1.807) is 13.8 Å². The first-order valence-electron chi connectivity index (χ1n) is 8.63. The summed E-state index contributed by atoms with van der Waals surface area (Å²) in [5.41, 5.74) is 6.07. The summed E-state index contributed by atoms with van der Waals surface area (Å²) in [5.74, 6) is 0.922. The number of fused-ring (bicyclic) bond motifs is 1. The lowest BCUT2D eigenvalue weighted by Crippen LogP contribution is -2.09. The van der Waals surface area contributed by atoms with Gasteiger partial charge in [0.05, 0.1) is 11.0 Å². The monoisotopic (exact) mass is 338 g/mol. The zero-order valence-electron chi connectivity index (χ0n) is 15.7. The molecule has 25 heavy (non-hydrogen) atoms. The van der Waals surface area contributed by atoms with E-state index in [4.69, 9.17) is 0 Å². The Morgan fingerprint density at radius 1 is 1.20 bits per heavy atom. The number of nitrogens with one attached hydrogen (secondary N) is 1. The number of allylic oxidation sites excluding steroid dienone is 4. The molecular weight excluding hydrogens is 312 g/mol. The van der Waals surface area contributed by atoms with E-state index in [1.165, 1.54) is 5.56 Å². The normalized spacial score (nSPS) is 12.0. The Kier molecular flexibility index (Phi) is 6.07. The van der Waals surface area contributed by atoms with Crippen LogP contribution in [0.15, 0.2) is 40.5 Å². The predicted octanol–water partition coefficient (Wildman–Crippen LogP) is 4.63. The highest BCUT2D eigenvalue weighted by Crippen LogP contribution is 2.21. The van der Waals surface area contributed by atoms with E-state index in [0.29, 0.717) is 17.6 Å². The molecule has 0 saturated carbocycles. The fraction of sp³-hybridized carbons (Fsp3) is 0.381. The van der Waals surface area contributed by atoms with Gasteiger partial charge in [-0.1, -0.05) is 17.7 Å². The minimum atomic E-state index is -0.0231. The minimum absolute atomic E-state index is 0.0231. The number of nitrogens with zero attached hydrogens (tertiary/aromatic N) is 1. The summed E-state index contributed by atoms with van der Waals surface area (Å²) in [6.45, 7) is 9.36. The van der Waals surface area contributed by atoms with E-state index >= 15 is 0 Å². The number of ketones is 1. The summed E-state index contributed by atoms with van der Waals surface area (Å²) in [7, 11) is 0. The first kappa shape index (κ1) is 18.8. The van der Waals surface area contributed by atoms with Crippen molar-refractivity contribution in [1.29, 1.82) is 0 Å². The molecule has 0 unspecified atom stereocenters. The van der Waals surface area contributed by atoms with E-state index in [1.807, 2.05) is 26.0 Å². The molecule has 0 aliphatic heterocycles. The predicted molar refractivity (Wildman–Crippen MR) is 102 cm³/mol. The number of carbonyl (C=O) groups excluding carboxylic acids is 2. The molecule has 0 atom stereocenters. The van der Waals surface area contributed by atoms with Crippen LogP contribution in [0.3, 0.4) is 0 Å². The number of aryl methyl sites for hydroxylation is 2. The van der Waals surface area contributed by atoms with Crippen molar-refractivity contribution in [3.63, 3.8) is 0 Å². The lowest BCUT2D eigenvalue weighted by molar-refractivity contribution is -0.113. The Morgan fingerprint density at radius 3 is 2.52 bits per heavy atom. The van der Waals surface area contributed by atoms with Crippen LogP contribution in [0, 0.1) is 6.92 Å². The number of para-hydroxylation sites is 1. The Morgan fingerprint density at radius 2 is 1.92 bits per heavy atom. The first-order valence-corrected chi connectivity index (χ1v) is 8.63. The van der Waals surface area contributed by atoms with E-state index in [2.05, 4.69) is 23.0 Å². The van der Waals surface area contributed by atoms with Crippen molar-refractivity contribution in [3.05, 3.63) is 51.9 Å². The molecule has 2 aromatic rings. The number of H-pyrrole nitrogens is 1. The highest BCUT2D eigenvalue weighted by molar-refractivity contribution is 6.10. The Labute approximate surface area is 149 Å². The van der Waals surface area contributed by atoms with Gasteiger partial charge in [0.2, 0.25) is 0 Å². The van der Waals surface area contributed by atoms with Crippen LogP contribution in [-0.2, 0) is 16.0 Å². The van der Waals surface area contributed by atoms with Gasteiger partial charge in [0, 0.05) is 12.0 Å². The lowest BCUT2D eigenvalue weighted by Gasteiger charge is -2.10. The van der Waals surface area contributed by atoms with Crippen molar-refractivity contribution in [3.8, 4) is 0 Å². The first-order chi connectivity index (χ1) is 11.8. The van der Waals surface area contributed by atoms with Crippen LogP contribution in [0.1, 0.15) is 51.9 Å². The molecule has 0 radical (unpaired) electrons. The number of aromatic nitrogens is 2. The van der Waals surface area contributed by atoms with Gasteiger partial charge >= 0.3 is 0 Å². The van der Waals surface area contributed by atoms with Crippen molar-refractivity contribution in [2.24, 2.45) is 0 Å². The molecular formula is C21H26N2O2. The second kappa shape index (κ2) is 8.06. The summed E-state index contributed by atoms with van der Waals surface area (Å²) in [6, 6.07) is 6.07. The zero-order chi connectivity index (χ0) is 18.6. The SMILES string of the molecule is CC(C)=C(CCCc1nc2cccc(C)c2[nH]1)C(=O)/C(C)=C(/C)C=O. The fourth-order valence-electron chi connectivity index (χ4n) is 2.86. The molecule has 0 saturated heterocycles. The maximum absolute atomic E-state index is 12.6. The fourth-order valence-corrected chi connectivity index (χ4v) is 2.86. The Hall–Kier alpha value is -2.49. The van der Waals surface area contributed by atoms with Crippen LogP contribution < -0.4 is 0 Å². The number of imidazole rings is 1. The molecule has 0 spiro atoms. The quantitative estimate of drug-likeness (QED) is 0.591. The second-order valence-corrected chi connectivity index (χ2v) is 6.74. The average Bonchev–Trinajstić information content (AvgIpc) is 3.00. The van der Waals surface area contributed by atoms with Gasteiger partial charge < -0.3 is 4.98 Å². The van der Waals surface area contributed by atoms with Crippen molar-refractivity contribution in [2.45, 2.75) is 53.9 Å². The number of aromatic amines is 1. The molecule has 0 fully saturated rings. The van der Waals surface area contributed by atoms with Gasteiger partial charge in [0.15, 0.2) is 5.78 Å². The lowest BCUT2D eigenvalue weighted by atomic mass is 9.94. The van der Waals surface area contributed by atoms with Crippen LogP contribution in [0.2, 0.25) is 0 Å². The molecule has 132 valence electrons. The maximum atomic E-state index is 12.6. The molecule has 4 nitrogen and oxygen atoms in total. The molecule has 1 N–H and O–H groups in total. The smallest absolute Gasteiger partial charge is 0.185 e. The van der Waals surface area contributed by atoms with Crippen molar-refractivity contribution in [2.75, 3.05) is 0 Å². The Balaban J connectivity index is 2.09. The van der Waals surface area contributed by atoms with Gasteiger partial charge in [-0.05, 0) is 70.2 Å². The van der Waals surface area contributed by atoms with E-state index in [0.717, 1.165) is 47.1 Å². The average molecular weight is 338 g/mol. The minimum Gasteiger partial charge on any atom is -0.342 e. The van der Waals surface area contributed by atoms with E-state index < -0.39 is 0 Å². The molecule has 0 amide bonds. The third-order valence-corrected chi connectivity index (χ3v) is 4.60. The molecule has 2 rings (SSSR count). The Bertz CT molecular complexity index is 865. The maximum Gasteiger partial charge on any atom is 0.185 e. The molecule has 0 aliphatic carbocycles. The number of Topliss-reactive ketones (excluding diaryl/α,β-unsaturated/α-hetero) is 1. The van der Waals surface area contributed by atoms with Gasteiger partial charge in [-0.25, -0.2) is 4.98 Å². The van der Waals surface area contributed by atoms with Gasteiger partial charge in [0.25, 0.3) is 0 Å². The van der Waals surface area contributed by atoms with Crippen molar-refractivity contribution in [1.82, 2.24) is 9.97 Å². The number of hydrogen-bond donors (Lipinski definition) is 1.